The number of carbonyl (C=O) groups is 3. The van der Waals surface area contributed by atoms with Crippen molar-refractivity contribution in [1.82, 2.24) is 20.4 Å². The SMILES string of the molecule is O=C(CN1C(=O)CNC1=O)NCc1ccc(CN2CCCC2)cc1. The minimum atomic E-state index is -0.513. The quantitative estimate of drug-likeness (QED) is 0.742. The molecule has 0 aliphatic carbocycles. The first-order valence-electron chi connectivity index (χ1n) is 8.27. The van der Waals surface area contributed by atoms with Crippen LogP contribution in [-0.4, -0.2) is 53.8 Å². The third kappa shape index (κ3) is 4.11. The van der Waals surface area contributed by atoms with Crippen molar-refractivity contribution >= 4 is 17.8 Å². The highest BCUT2D eigenvalue weighted by molar-refractivity contribution is 6.04. The highest BCUT2D eigenvalue weighted by Crippen LogP contribution is 2.13. The molecule has 4 amide bonds. The fourth-order valence-electron chi connectivity index (χ4n) is 2.98. The fourth-order valence-corrected chi connectivity index (χ4v) is 2.98. The van der Waals surface area contributed by atoms with Crippen molar-refractivity contribution in [2.45, 2.75) is 25.9 Å². The Hall–Kier alpha value is -2.41. The van der Waals surface area contributed by atoms with Crippen molar-refractivity contribution in [3.8, 4) is 0 Å². The molecule has 1 aromatic rings. The van der Waals surface area contributed by atoms with Crippen LogP contribution in [0.1, 0.15) is 24.0 Å². The fraction of sp³-hybridized carbons (Fsp3) is 0.471. The van der Waals surface area contributed by atoms with Crippen molar-refractivity contribution in [2.75, 3.05) is 26.2 Å². The summed E-state index contributed by atoms with van der Waals surface area (Å²) < 4.78 is 0. The molecule has 2 aliphatic heterocycles. The highest BCUT2D eigenvalue weighted by Gasteiger charge is 2.29. The summed E-state index contributed by atoms with van der Waals surface area (Å²) in [5.41, 5.74) is 2.26. The average Bonchev–Trinajstić information content (AvgIpc) is 3.19. The predicted molar refractivity (Wildman–Crippen MR) is 87.9 cm³/mol. The van der Waals surface area contributed by atoms with E-state index in [0.717, 1.165) is 17.0 Å². The Kier molecular flexibility index (Phi) is 5.10. The monoisotopic (exact) mass is 330 g/mol. The third-order valence-corrected chi connectivity index (χ3v) is 4.36. The van der Waals surface area contributed by atoms with Gasteiger partial charge in [0.1, 0.15) is 6.54 Å². The predicted octanol–water partition coefficient (Wildman–Crippen LogP) is 0.450. The van der Waals surface area contributed by atoms with Gasteiger partial charge in [-0.05, 0) is 37.1 Å². The zero-order valence-electron chi connectivity index (χ0n) is 13.6. The molecule has 2 aliphatic rings. The van der Waals surface area contributed by atoms with Crippen LogP contribution in [0.25, 0.3) is 0 Å². The van der Waals surface area contributed by atoms with Crippen LogP contribution >= 0.6 is 0 Å². The first kappa shape index (κ1) is 16.4. The second-order valence-electron chi connectivity index (χ2n) is 6.22. The summed E-state index contributed by atoms with van der Waals surface area (Å²) in [5, 5.41) is 5.12. The number of rotatable bonds is 6. The molecule has 0 radical (unpaired) electrons. The summed E-state index contributed by atoms with van der Waals surface area (Å²) in [7, 11) is 0. The van der Waals surface area contributed by atoms with E-state index in [9.17, 15) is 14.4 Å². The smallest absolute Gasteiger partial charge is 0.325 e. The van der Waals surface area contributed by atoms with E-state index in [1.165, 1.54) is 31.5 Å². The molecule has 0 atom stereocenters. The molecule has 0 saturated carbocycles. The van der Waals surface area contributed by atoms with Crippen molar-refractivity contribution in [3.05, 3.63) is 35.4 Å². The maximum atomic E-state index is 11.9. The first-order chi connectivity index (χ1) is 11.6. The molecule has 0 aromatic heterocycles. The molecule has 2 heterocycles. The summed E-state index contributed by atoms with van der Waals surface area (Å²) in [6.07, 6.45) is 2.56. The van der Waals surface area contributed by atoms with E-state index >= 15 is 0 Å². The van der Waals surface area contributed by atoms with Crippen molar-refractivity contribution in [1.29, 1.82) is 0 Å². The van der Waals surface area contributed by atoms with Crippen LogP contribution in [0.4, 0.5) is 4.79 Å². The average molecular weight is 330 g/mol. The van der Waals surface area contributed by atoms with Crippen LogP contribution in [0.15, 0.2) is 24.3 Å². The van der Waals surface area contributed by atoms with Crippen LogP contribution in [0.3, 0.4) is 0 Å². The van der Waals surface area contributed by atoms with E-state index in [1.807, 2.05) is 12.1 Å². The summed E-state index contributed by atoms with van der Waals surface area (Å²) >= 11 is 0. The molecule has 1 aromatic carbocycles. The molecule has 3 rings (SSSR count). The largest absolute Gasteiger partial charge is 0.350 e. The van der Waals surface area contributed by atoms with Gasteiger partial charge >= 0.3 is 6.03 Å². The lowest BCUT2D eigenvalue weighted by Gasteiger charge is -2.15. The highest BCUT2D eigenvalue weighted by atomic mass is 16.2. The molecule has 24 heavy (non-hydrogen) atoms. The Morgan fingerprint density at radius 1 is 1.08 bits per heavy atom. The molecule has 2 fully saturated rings. The molecule has 0 bridgehead atoms. The molecule has 7 nitrogen and oxygen atoms in total. The van der Waals surface area contributed by atoms with Crippen LogP contribution in [0, 0.1) is 0 Å². The number of amides is 4. The van der Waals surface area contributed by atoms with E-state index in [0.29, 0.717) is 6.54 Å². The Bertz CT molecular complexity index is 607. The maximum Gasteiger partial charge on any atom is 0.325 e. The van der Waals surface area contributed by atoms with Crippen LogP contribution in [-0.2, 0) is 22.7 Å². The lowest BCUT2D eigenvalue weighted by atomic mass is 10.1. The third-order valence-electron chi connectivity index (χ3n) is 4.36. The van der Waals surface area contributed by atoms with Gasteiger partial charge in [-0.3, -0.25) is 19.4 Å². The number of nitrogens with zero attached hydrogens (tertiary/aromatic N) is 2. The van der Waals surface area contributed by atoms with Crippen molar-refractivity contribution in [2.24, 2.45) is 0 Å². The van der Waals surface area contributed by atoms with Crippen molar-refractivity contribution in [3.63, 3.8) is 0 Å². The van der Waals surface area contributed by atoms with Crippen LogP contribution in [0.5, 0.6) is 0 Å². The van der Waals surface area contributed by atoms with E-state index < -0.39 is 6.03 Å². The molecule has 7 heteroatoms. The van der Waals surface area contributed by atoms with Gasteiger partial charge in [0.2, 0.25) is 5.91 Å². The zero-order chi connectivity index (χ0) is 16.9. The molecule has 2 N–H and O–H groups in total. The van der Waals surface area contributed by atoms with Gasteiger partial charge in [0.05, 0.1) is 6.54 Å². The zero-order valence-corrected chi connectivity index (χ0v) is 13.6. The first-order valence-corrected chi connectivity index (χ1v) is 8.27. The van der Waals surface area contributed by atoms with E-state index in [4.69, 9.17) is 0 Å². The van der Waals surface area contributed by atoms with Gasteiger partial charge in [0.25, 0.3) is 5.91 Å². The van der Waals surface area contributed by atoms with Gasteiger partial charge in [-0.25, -0.2) is 4.79 Å². The summed E-state index contributed by atoms with van der Waals surface area (Å²) in [5.74, 6) is -0.719. The number of hydrogen-bond donors (Lipinski definition) is 2. The van der Waals surface area contributed by atoms with Gasteiger partial charge in [-0.15, -0.1) is 0 Å². The van der Waals surface area contributed by atoms with Gasteiger partial charge in [0, 0.05) is 13.1 Å². The Balaban J connectivity index is 1.45. The van der Waals surface area contributed by atoms with Crippen LogP contribution < -0.4 is 10.6 Å². The number of benzene rings is 1. The number of imide groups is 1. The summed E-state index contributed by atoms with van der Waals surface area (Å²) in [6.45, 7) is 3.41. The number of urea groups is 1. The molecule has 0 unspecified atom stereocenters. The summed E-state index contributed by atoms with van der Waals surface area (Å²) in [6, 6.07) is 7.65. The second kappa shape index (κ2) is 7.44. The van der Waals surface area contributed by atoms with Crippen LogP contribution in [0.2, 0.25) is 0 Å². The van der Waals surface area contributed by atoms with Gasteiger partial charge in [0.15, 0.2) is 0 Å². The number of carbonyl (C=O) groups excluding carboxylic acids is 3. The maximum absolute atomic E-state index is 11.9. The lowest BCUT2D eigenvalue weighted by Crippen LogP contribution is -2.40. The lowest BCUT2D eigenvalue weighted by molar-refractivity contribution is -0.130. The second-order valence-corrected chi connectivity index (χ2v) is 6.22. The van der Waals surface area contributed by atoms with Gasteiger partial charge in [-0.1, -0.05) is 24.3 Å². The Morgan fingerprint density at radius 2 is 1.75 bits per heavy atom. The Labute approximate surface area is 141 Å². The van der Waals surface area contributed by atoms with Gasteiger partial charge < -0.3 is 10.6 Å². The minimum Gasteiger partial charge on any atom is -0.350 e. The molecular formula is C17H22N4O3. The Morgan fingerprint density at radius 3 is 2.38 bits per heavy atom. The standard InChI is InChI=1S/C17H22N4O3/c22-15(12-21-16(23)10-19-17(21)24)18-9-13-3-5-14(6-4-13)11-20-7-1-2-8-20/h3-6H,1-2,7-12H2,(H,18,22)(H,19,24). The molecule has 128 valence electrons. The topological polar surface area (TPSA) is 81.8 Å². The number of nitrogens with one attached hydrogen (secondary N) is 2. The molecule has 2 saturated heterocycles. The van der Waals surface area contributed by atoms with Gasteiger partial charge in [-0.2, -0.15) is 0 Å². The number of likely N-dealkylation sites (tertiary alicyclic amines) is 1. The molecular weight excluding hydrogens is 308 g/mol. The molecule has 0 spiro atoms. The summed E-state index contributed by atoms with van der Waals surface area (Å²) in [4.78, 5) is 38.0. The minimum absolute atomic E-state index is 0.0371. The van der Waals surface area contributed by atoms with E-state index in [2.05, 4.69) is 27.7 Å². The van der Waals surface area contributed by atoms with E-state index in [-0.39, 0.29) is 24.9 Å². The normalized spacial score (nSPS) is 18.1. The number of hydrogen-bond acceptors (Lipinski definition) is 4. The van der Waals surface area contributed by atoms with Crippen molar-refractivity contribution < 1.29 is 14.4 Å². The van der Waals surface area contributed by atoms with E-state index in [1.54, 1.807) is 0 Å².